The molecule has 3 nitrogen and oxygen atoms in total. The molecule has 106 valence electrons. The van der Waals surface area contributed by atoms with Crippen LogP contribution in [0, 0.1) is 13.8 Å². The van der Waals surface area contributed by atoms with Gasteiger partial charge in [-0.2, -0.15) is 0 Å². The first-order valence-electron chi connectivity index (χ1n) is 6.69. The maximum atomic E-state index is 6.03. The van der Waals surface area contributed by atoms with Gasteiger partial charge < -0.3 is 10.1 Å². The van der Waals surface area contributed by atoms with Gasteiger partial charge in [0.2, 0.25) is 0 Å². The number of benzene rings is 1. The molecule has 0 saturated heterocycles. The Morgan fingerprint density at radius 2 is 1.85 bits per heavy atom. The van der Waals surface area contributed by atoms with Gasteiger partial charge in [0.1, 0.15) is 11.5 Å². The first-order valence-corrected chi connectivity index (χ1v) is 7.07. The lowest BCUT2D eigenvalue weighted by Gasteiger charge is -2.13. The van der Waals surface area contributed by atoms with Crippen LogP contribution in [0.2, 0.25) is 5.02 Å². The van der Waals surface area contributed by atoms with Gasteiger partial charge in [-0.05, 0) is 55.3 Å². The molecular formula is C16H19ClN2O. The summed E-state index contributed by atoms with van der Waals surface area (Å²) in [6, 6.07) is 5.81. The second-order valence-corrected chi connectivity index (χ2v) is 5.22. The van der Waals surface area contributed by atoms with Gasteiger partial charge in [-0.25, -0.2) is 0 Å². The molecule has 0 amide bonds. The summed E-state index contributed by atoms with van der Waals surface area (Å²) in [6.07, 6.45) is 3.57. The average molecular weight is 291 g/mol. The monoisotopic (exact) mass is 290 g/mol. The topological polar surface area (TPSA) is 34.2 Å². The van der Waals surface area contributed by atoms with Gasteiger partial charge in [-0.1, -0.05) is 18.5 Å². The number of halogens is 1. The molecule has 0 aliphatic rings. The van der Waals surface area contributed by atoms with E-state index in [0.717, 1.165) is 46.3 Å². The summed E-state index contributed by atoms with van der Waals surface area (Å²) in [7, 11) is 0. The number of aromatic nitrogens is 1. The second kappa shape index (κ2) is 6.73. The third kappa shape index (κ3) is 3.71. The van der Waals surface area contributed by atoms with Crippen molar-refractivity contribution in [2.75, 3.05) is 6.54 Å². The summed E-state index contributed by atoms with van der Waals surface area (Å²) < 4.78 is 5.97. The van der Waals surface area contributed by atoms with E-state index >= 15 is 0 Å². The van der Waals surface area contributed by atoms with Crippen molar-refractivity contribution in [2.24, 2.45) is 0 Å². The third-order valence-corrected chi connectivity index (χ3v) is 3.21. The van der Waals surface area contributed by atoms with Gasteiger partial charge in [-0.15, -0.1) is 0 Å². The second-order valence-electron chi connectivity index (χ2n) is 4.78. The van der Waals surface area contributed by atoms with E-state index in [4.69, 9.17) is 16.3 Å². The summed E-state index contributed by atoms with van der Waals surface area (Å²) in [5, 5.41) is 4.00. The Morgan fingerprint density at radius 1 is 1.15 bits per heavy atom. The molecule has 4 heteroatoms. The van der Waals surface area contributed by atoms with E-state index in [2.05, 4.69) is 17.2 Å². The lowest BCUT2D eigenvalue weighted by Crippen LogP contribution is -2.11. The number of hydrogen-bond donors (Lipinski definition) is 1. The van der Waals surface area contributed by atoms with Crippen molar-refractivity contribution in [1.82, 2.24) is 10.3 Å². The van der Waals surface area contributed by atoms with Crippen molar-refractivity contribution in [3.8, 4) is 11.5 Å². The molecule has 1 N–H and O–H groups in total. The Balaban J connectivity index is 2.22. The molecule has 2 rings (SSSR count). The van der Waals surface area contributed by atoms with Gasteiger partial charge in [0, 0.05) is 17.8 Å². The fraction of sp³-hybridized carbons (Fsp3) is 0.312. The Labute approximate surface area is 124 Å². The lowest BCUT2D eigenvalue weighted by atomic mass is 10.1. The standard InChI is InChI=1S/C16H19ClN2O/c1-4-18-8-13-7-15(10-19-9-13)20-16-11(2)5-14(17)6-12(16)3/h5-7,9-10,18H,4,8H2,1-3H3. The van der Waals surface area contributed by atoms with Gasteiger partial charge in [-0.3, -0.25) is 4.98 Å². The van der Waals surface area contributed by atoms with Crippen molar-refractivity contribution in [1.29, 1.82) is 0 Å². The molecule has 2 aromatic rings. The molecule has 1 aromatic carbocycles. The number of nitrogens with one attached hydrogen (secondary N) is 1. The van der Waals surface area contributed by atoms with Gasteiger partial charge >= 0.3 is 0 Å². The zero-order valence-electron chi connectivity index (χ0n) is 12.0. The first kappa shape index (κ1) is 14.8. The molecule has 0 aliphatic carbocycles. The van der Waals surface area contributed by atoms with Crippen LogP contribution in [0.25, 0.3) is 0 Å². The summed E-state index contributed by atoms with van der Waals surface area (Å²) in [5.74, 6) is 1.59. The van der Waals surface area contributed by atoms with Crippen LogP contribution >= 0.6 is 11.6 Å². The van der Waals surface area contributed by atoms with Crippen LogP contribution in [0.15, 0.2) is 30.6 Å². The quantitative estimate of drug-likeness (QED) is 0.894. The predicted octanol–water partition coefficient (Wildman–Crippen LogP) is 4.25. The van der Waals surface area contributed by atoms with Crippen molar-refractivity contribution in [3.05, 3.63) is 52.3 Å². The zero-order chi connectivity index (χ0) is 14.5. The summed E-state index contributed by atoms with van der Waals surface area (Å²) in [6.45, 7) is 7.78. The lowest BCUT2D eigenvalue weighted by molar-refractivity contribution is 0.471. The minimum atomic E-state index is 0.728. The predicted molar refractivity (Wildman–Crippen MR) is 82.6 cm³/mol. The van der Waals surface area contributed by atoms with E-state index in [1.165, 1.54) is 0 Å². The normalized spacial score (nSPS) is 10.6. The third-order valence-electron chi connectivity index (χ3n) is 2.99. The minimum absolute atomic E-state index is 0.728. The molecular weight excluding hydrogens is 272 g/mol. The fourth-order valence-electron chi connectivity index (χ4n) is 2.06. The fourth-order valence-corrected chi connectivity index (χ4v) is 2.39. The van der Waals surface area contributed by atoms with Crippen LogP contribution in [0.4, 0.5) is 0 Å². The van der Waals surface area contributed by atoms with E-state index in [0.29, 0.717) is 0 Å². The van der Waals surface area contributed by atoms with Crippen molar-refractivity contribution in [3.63, 3.8) is 0 Å². The Bertz CT molecular complexity index is 576. The summed E-state index contributed by atoms with van der Waals surface area (Å²) in [5.41, 5.74) is 3.15. The number of ether oxygens (including phenoxy) is 1. The molecule has 0 saturated carbocycles. The molecule has 0 atom stereocenters. The van der Waals surface area contributed by atoms with Gasteiger partial charge in [0.15, 0.2) is 0 Å². The highest BCUT2D eigenvalue weighted by Gasteiger charge is 2.08. The summed E-state index contributed by atoms with van der Waals surface area (Å²) in [4.78, 5) is 4.22. The number of hydrogen-bond acceptors (Lipinski definition) is 3. The number of aryl methyl sites for hydroxylation is 2. The van der Waals surface area contributed by atoms with E-state index in [1.807, 2.05) is 38.2 Å². The van der Waals surface area contributed by atoms with Crippen LogP contribution < -0.4 is 10.1 Å². The molecule has 0 spiro atoms. The van der Waals surface area contributed by atoms with E-state index in [9.17, 15) is 0 Å². The van der Waals surface area contributed by atoms with E-state index in [1.54, 1.807) is 6.20 Å². The van der Waals surface area contributed by atoms with Gasteiger partial charge in [0.25, 0.3) is 0 Å². The SMILES string of the molecule is CCNCc1cncc(Oc2c(C)cc(Cl)cc2C)c1. The molecule has 20 heavy (non-hydrogen) atoms. The van der Waals surface area contributed by atoms with Crippen molar-refractivity contribution < 1.29 is 4.74 Å². The smallest absolute Gasteiger partial charge is 0.146 e. The number of rotatable bonds is 5. The molecule has 1 heterocycles. The van der Waals surface area contributed by atoms with Gasteiger partial charge in [0.05, 0.1) is 6.20 Å². The highest BCUT2D eigenvalue weighted by Crippen LogP contribution is 2.31. The Hall–Kier alpha value is -1.58. The van der Waals surface area contributed by atoms with E-state index < -0.39 is 0 Å². The van der Waals surface area contributed by atoms with Crippen molar-refractivity contribution in [2.45, 2.75) is 27.3 Å². The molecule has 1 aromatic heterocycles. The van der Waals surface area contributed by atoms with Crippen LogP contribution in [-0.4, -0.2) is 11.5 Å². The van der Waals surface area contributed by atoms with Crippen LogP contribution in [0.5, 0.6) is 11.5 Å². The molecule has 0 radical (unpaired) electrons. The Kier molecular flexibility index (Phi) is 4.99. The summed E-state index contributed by atoms with van der Waals surface area (Å²) >= 11 is 6.03. The number of nitrogens with zero attached hydrogens (tertiary/aromatic N) is 1. The maximum absolute atomic E-state index is 6.03. The average Bonchev–Trinajstić information content (AvgIpc) is 2.41. The van der Waals surface area contributed by atoms with Crippen LogP contribution in [0.1, 0.15) is 23.6 Å². The maximum Gasteiger partial charge on any atom is 0.146 e. The molecule has 0 unspecified atom stereocenters. The van der Waals surface area contributed by atoms with Crippen LogP contribution in [-0.2, 0) is 6.54 Å². The van der Waals surface area contributed by atoms with E-state index in [-0.39, 0.29) is 0 Å². The number of pyridine rings is 1. The molecule has 0 aliphatic heterocycles. The minimum Gasteiger partial charge on any atom is -0.455 e. The molecule has 0 bridgehead atoms. The highest BCUT2D eigenvalue weighted by molar-refractivity contribution is 6.30. The first-order chi connectivity index (χ1) is 9.60. The van der Waals surface area contributed by atoms with Crippen LogP contribution in [0.3, 0.4) is 0 Å². The highest BCUT2D eigenvalue weighted by atomic mass is 35.5. The van der Waals surface area contributed by atoms with Crippen molar-refractivity contribution >= 4 is 11.6 Å². The molecule has 0 fully saturated rings. The zero-order valence-corrected chi connectivity index (χ0v) is 12.8. The Morgan fingerprint density at radius 3 is 2.50 bits per heavy atom. The largest absolute Gasteiger partial charge is 0.455 e.